The van der Waals surface area contributed by atoms with E-state index < -0.39 is 6.36 Å². The van der Waals surface area contributed by atoms with Gasteiger partial charge in [0, 0.05) is 0 Å². The third-order valence-corrected chi connectivity index (χ3v) is 1.93. The van der Waals surface area contributed by atoms with Crippen LogP contribution in [0.2, 0.25) is 0 Å². The Labute approximate surface area is 86.9 Å². The van der Waals surface area contributed by atoms with Gasteiger partial charge in [-0.2, -0.15) is 0 Å². The fourth-order valence-electron chi connectivity index (χ4n) is 1.27. The van der Waals surface area contributed by atoms with Gasteiger partial charge in [0.2, 0.25) is 0 Å². The third-order valence-electron chi connectivity index (χ3n) is 1.93. The summed E-state index contributed by atoms with van der Waals surface area (Å²) in [6.45, 7) is 7.18. The number of hydrogen-bond donors (Lipinski definition) is 0. The fourth-order valence-corrected chi connectivity index (χ4v) is 1.27. The Kier molecular flexibility index (Phi) is 3.27. The lowest BCUT2D eigenvalue weighted by atomic mass is 10.0. The van der Waals surface area contributed by atoms with Crippen LogP contribution in [0.1, 0.15) is 30.9 Å². The third kappa shape index (κ3) is 3.46. The number of alkyl halides is 3. The smallest absolute Gasteiger partial charge is 0.405 e. The minimum Gasteiger partial charge on any atom is -0.405 e. The summed E-state index contributed by atoms with van der Waals surface area (Å²) in [5.41, 5.74) is 1.03. The summed E-state index contributed by atoms with van der Waals surface area (Å²) < 4.78 is 40.2. The van der Waals surface area contributed by atoms with E-state index in [1.807, 2.05) is 0 Å². The molecule has 0 saturated carbocycles. The summed E-state index contributed by atoms with van der Waals surface area (Å²) in [7, 11) is 0. The molecule has 0 aliphatic rings. The van der Waals surface area contributed by atoms with Crippen LogP contribution in [0.3, 0.4) is 0 Å². The van der Waals surface area contributed by atoms with Crippen molar-refractivity contribution in [2.24, 2.45) is 0 Å². The quantitative estimate of drug-likeness (QED) is 0.730. The van der Waals surface area contributed by atoms with Gasteiger partial charge in [0.15, 0.2) is 0 Å². The van der Waals surface area contributed by atoms with Crippen molar-refractivity contribution in [3.05, 3.63) is 36.2 Å². The van der Waals surface area contributed by atoms with Crippen LogP contribution in [0.25, 0.3) is 0 Å². The Morgan fingerprint density at radius 3 is 2.33 bits per heavy atom. The minimum absolute atomic E-state index is 0.0250. The Balaban J connectivity index is 3.08. The summed E-state index contributed by atoms with van der Waals surface area (Å²) in [4.78, 5) is 0. The summed E-state index contributed by atoms with van der Waals surface area (Å²) >= 11 is 0. The number of hydrogen-bond acceptors (Lipinski definition) is 1. The molecule has 83 valence electrons. The average molecular weight is 217 g/mol. The van der Waals surface area contributed by atoms with Crippen molar-refractivity contribution in [1.29, 1.82) is 0 Å². The highest BCUT2D eigenvalue weighted by molar-refractivity contribution is 5.40. The molecule has 1 aromatic carbocycles. The van der Waals surface area contributed by atoms with Crippen molar-refractivity contribution in [1.82, 2.24) is 0 Å². The molecule has 0 saturated heterocycles. The van der Waals surface area contributed by atoms with Gasteiger partial charge in [-0.3, -0.25) is 0 Å². The van der Waals surface area contributed by atoms with Gasteiger partial charge in [-0.25, -0.2) is 0 Å². The SMILES string of the molecule is [CH2]c1ccc(C(C)C)c(OC(F)(F)F)c1. The first-order chi connectivity index (χ1) is 6.79. The molecule has 0 atom stereocenters. The zero-order valence-electron chi connectivity index (χ0n) is 8.56. The molecule has 0 amide bonds. The summed E-state index contributed by atoms with van der Waals surface area (Å²) in [5.74, 6) is -0.187. The summed E-state index contributed by atoms with van der Waals surface area (Å²) in [6, 6.07) is 4.56. The first kappa shape index (κ1) is 11.9. The molecular weight excluding hydrogens is 205 g/mol. The highest BCUT2D eigenvalue weighted by Gasteiger charge is 2.32. The van der Waals surface area contributed by atoms with Crippen molar-refractivity contribution in [3.63, 3.8) is 0 Å². The molecule has 0 aliphatic heterocycles. The average Bonchev–Trinajstić information content (AvgIpc) is 1.99. The van der Waals surface area contributed by atoms with Crippen LogP contribution in [0.4, 0.5) is 13.2 Å². The first-order valence-corrected chi connectivity index (χ1v) is 4.51. The van der Waals surface area contributed by atoms with Crippen LogP contribution >= 0.6 is 0 Å². The molecule has 1 rings (SSSR count). The molecule has 0 N–H and O–H groups in total. The van der Waals surface area contributed by atoms with Crippen molar-refractivity contribution in [2.45, 2.75) is 26.1 Å². The number of benzene rings is 1. The summed E-state index contributed by atoms with van der Waals surface area (Å²) in [6.07, 6.45) is -4.66. The van der Waals surface area contributed by atoms with Gasteiger partial charge in [0.05, 0.1) is 0 Å². The molecule has 4 heteroatoms. The van der Waals surface area contributed by atoms with Gasteiger partial charge in [-0.05, 0) is 30.0 Å². The van der Waals surface area contributed by atoms with Crippen LogP contribution in [0.15, 0.2) is 18.2 Å². The van der Waals surface area contributed by atoms with Crippen molar-refractivity contribution in [3.8, 4) is 5.75 Å². The molecule has 0 aliphatic carbocycles. The van der Waals surface area contributed by atoms with E-state index in [-0.39, 0.29) is 11.7 Å². The zero-order chi connectivity index (χ0) is 11.6. The highest BCUT2D eigenvalue weighted by atomic mass is 19.4. The van der Waals surface area contributed by atoms with E-state index in [1.54, 1.807) is 26.0 Å². The Bertz CT molecular complexity index is 342. The predicted molar refractivity (Wildman–Crippen MR) is 51.7 cm³/mol. The maximum absolute atomic E-state index is 12.1. The Hall–Kier alpha value is -1.19. The van der Waals surface area contributed by atoms with Gasteiger partial charge in [0.25, 0.3) is 0 Å². The standard InChI is InChI=1S/C11H12F3O/c1-7(2)9-5-4-8(3)6-10(9)15-11(12,13)14/h4-7H,3H2,1-2H3. The van der Waals surface area contributed by atoms with E-state index in [0.29, 0.717) is 11.1 Å². The zero-order valence-corrected chi connectivity index (χ0v) is 8.56. The number of ether oxygens (including phenoxy) is 1. The van der Waals surface area contributed by atoms with Gasteiger partial charge in [0.1, 0.15) is 5.75 Å². The molecule has 0 aromatic heterocycles. The first-order valence-electron chi connectivity index (χ1n) is 4.51. The van der Waals surface area contributed by atoms with E-state index in [1.165, 1.54) is 6.07 Å². The second-order valence-electron chi connectivity index (χ2n) is 3.57. The minimum atomic E-state index is -4.66. The highest BCUT2D eigenvalue weighted by Crippen LogP contribution is 2.31. The maximum atomic E-state index is 12.1. The summed E-state index contributed by atoms with van der Waals surface area (Å²) in [5, 5.41) is 0. The van der Waals surface area contributed by atoms with Gasteiger partial charge in [-0.1, -0.05) is 26.0 Å². The van der Waals surface area contributed by atoms with Gasteiger partial charge < -0.3 is 4.74 Å². The molecule has 0 fully saturated rings. The van der Waals surface area contributed by atoms with Crippen LogP contribution in [-0.4, -0.2) is 6.36 Å². The van der Waals surface area contributed by atoms with Gasteiger partial charge >= 0.3 is 6.36 Å². The Morgan fingerprint density at radius 1 is 1.27 bits per heavy atom. The normalized spacial score (nSPS) is 11.9. The second-order valence-corrected chi connectivity index (χ2v) is 3.57. The van der Waals surface area contributed by atoms with Crippen LogP contribution in [0, 0.1) is 6.92 Å². The van der Waals surface area contributed by atoms with Crippen molar-refractivity contribution >= 4 is 0 Å². The van der Waals surface area contributed by atoms with E-state index in [2.05, 4.69) is 11.7 Å². The Morgan fingerprint density at radius 2 is 1.87 bits per heavy atom. The van der Waals surface area contributed by atoms with E-state index in [0.717, 1.165) is 0 Å². The largest absolute Gasteiger partial charge is 0.573 e. The van der Waals surface area contributed by atoms with Crippen molar-refractivity contribution in [2.75, 3.05) is 0 Å². The molecule has 0 heterocycles. The van der Waals surface area contributed by atoms with Crippen LogP contribution < -0.4 is 4.74 Å². The fraction of sp³-hybridized carbons (Fsp3) is 0.364. The molecule has 1 nitrogen and oxygen atoms in total. The molecule has 0 bridgehead atoms. The molecular formula is C11H12F3O. The molecule has 1 aromatic rings. The molecule has 0 unspecified atom stereocenters. The lowest BCUT2D eigenvalue weighted by Crippen LogP contribution is -2.18. The maximum Gasteiger partial charge on any atom is 0.573 e. The topological polar surface area (TPSA) is 9.23 Å². The second kappa shape index (κ2) is 4.13. The lowest BCUT2D eigenvalue weighted by molar-refractivity contribution is -0.274. The number of rotatable bonds is 2. The molecule has 0 spiro atoms. The van der Waals surface area contributed by atoms with Crippen LogP contribution in [-0.2, 0) is 0 Å². The van der Waals surface area contributed by atoms with E-state index in [9.17, 15) is 13.2 Å². The molecule has 1 radical (unpaired) electrons. The predicted octanol–water partition coefficient (Wildman–Crippen LogP) is 3.89. The van der Waals surface area contributed by atoms with Crippen molar-refractivity contribution < 1.29 is 17.9 Å². The van der Waals surface area contributed by atoms with E-state index >= 15 is 0 Å². The van der Waals surface area contributed by atoms with Gasteiger partial charge in [-0.15, -0.1) is 13.2 Å². The van der Waals surface area contributed by atoms with E-state index in [4.69, 9.17) is 0 Å². The van der Waals surface area contributed by atoms with Crippen LogP contribution in [0.5, 0.6) is 5.75 Å². The monoisotopic (exact) mass is 217 g/mol. The number of halogens is 3. The lowest BCUT2D eigenvalue weighted by Gasteiger charge is -2.15. The molecule has 15 heavy (non-hydrogen) atoms.